The Hall–Kier alpha value is -3.62. The number of ether oxygens (including phenoxy) is 5. The number of nitrogens with zero attached hydrogens (tertiary/aromatic N) is 1. The SMILES string of the molecule is COc1ccccc1OCCN(C)C(=O)CNC(=O)c1cc(OC)c(OC)c(OC)c1. The van der Waals surface area contributed by atoms with Gasteiger partial charge < -0.3 is 33.9 Å². The molecule has 2 aromatic rings. The first kappa shape index (κ1) is 23.7. The van der Waals surface area contributed by atoms with E-state index in [1.54, 1.807) is 26.3 Å². The predicted octanol–water partition coefficient (Wildman–Crippen LogP) is 1.99. The van der Waals surface area contributed by atoms with Gasteiger partial charge in [-0.25, -0.2) is 0 Å². The van der Waals surface area contributed by atoms with E-state index in [2.05, 4.69) is 5.32 Å². The minimum absolute atomic E-state index is 0.166. The van der Waals surface area contributed by atoms with Gasteiger partial charge in [0.2, 0.25) is 11.7 Å². The van der Waals surface area contributed by atoms with Crippen LogP contribution in [0.5, 0.6) is 28.7 Å². The topological polar surface area (TPSA) is 95.6 Å². The molecule has 0 radical (unpaired) electrons. The Labute approximate surface area is 181 Å². The van der Waals surface area contributed by atoms with Crippen LogP contribution in [-0.2, 0) is 4.79 Å². The van der Waals surface area contributed by atoms with Crippen LogP contribution in [0.25, 0.3) is 0 Å². The summed E-state index contributed by atoms with van der Waals surface area (Å²) in [4.78, 5) is 26.3. The van der Waals surface area contributed by atoms with Gasteiger partial charge in [-0.3, -0.25) is 9.59 Å². The van der Waals surface area contributed by atoms with E-state index < -0.39 is 5.91 Å². The highest BCUT2D eigenvalue weighted by atomic mass is 16.5. The molecule has 0 heterocycles. The molecule has 168 valence electrons. The smallest absolute Gasteiger partial charge is 0.251 e. The Bertz CT molecular complexity index is 876. The first-order chi connectivity index (χ1) is 14.9. The molecule has 2 rings (SSSR count). The second kappa shape index (κ2) is 11.5. The molecule has 0 atom stereocenters. The molecule has 9 heteroatoms. The van der Waals surface area contributed by atoms with Crippen LogP contribution in [0.3, 0.4) is 0 Å². The van der Waals surface area contributed by atoms with Gasteiger partial charge in [-0.2, -0.15) is 0 Å². The van der Waals surface area contributed by atoms with E-state index >= 15 is 0 Å². The maximum atomic E-state index is 12.5. The lowest BCUT2D eigenvalue weighted by Crippen LogP contribution is -2.39. The lowest BCUT2D eigenvalue weighted by atomic mass is 10.1. The van der Waals surface area contributed by atoms with Gasteiger partial charge in [0.1, 0.15) is 6.61 Å². The number of likely N-dealkylation sites (N-methyl/N-ethyl adjacent to an activating group) is 1. The molecular weight excluding hydrogens is 404 g/mol. The Morgan fingerprint density at radius 2 is 1.45 bits per heavy atom. The molecule has 2 amide bonds. The Kier molecular flexibility index (Phi) is 8.80. The average molecular weight is 432 g/mol. The largest absolute Gasteiger partial charge is 0.493 e. The summed E-state index contributed by atoms with van der Waals surface area (Å²) in [5.41, 5.74) is 0.282. The van der Waals surface area contributed by atoms with E-state index in [1.807, 2.05) is 12.1 Å². The molecule has 0 unspecified atom stereocenters. The van der Waals surface area contributed by atoms with Gasteiger partial charge in [0.25, 0.3) is 5.91 Å². The van der Waals surface area contributed by atoms with Crippen LogP contribution in [0, 0.1) is 0 Å². The van der Waals surface area contributed by atoms with Gasteiger partial charge in [-0.15, -0.1) is 0 Å². The third kappa shape index (κ3) is 6.18. The van der Waals surface area contributed by atoms with E-state index in [1.165, 1.54) is 38.4 Å². The number of amides is 2. The van der Waals surface area contributed by atoms with Crippen LogP contribution in [0.2, 0.25) is 0 Å². The van der Waals surface area contributed by atoms with E-state index in [0.717, 1.165) is 0 Å². The van der Waals surface area contributed by atoms with Crippen molar-refractivity contribution in [1.82, 2.24) is 10.2 Å². The predicted molar refractivity (Wildman–Crippen MR) is 115 cm³/mol. The maximum absolute atomic E-state index is 12.5. The van der Waals surface area contributed by atoms with Crippen molar-refractivity contribution in [2.45, 2.75) is 0 Å². The molecule has 0 aromatic heterocycles. The van der Waals surface area contributed by atoms with Crippen LogP contribution in [0.1, 0.15) is 10.4 Å². The number of methoxy groups -OCH3 is 4. The maximum Gasteiger partial charge on any atom is 0.251 e. The average Bonchev–Trinajstić information content (AvgIpc) is 2.81. The summed E-state index contributed by atoms with van der Waals surface area (Å²) in [6, 6.07) is 10.3. The number of nitrogens with one attached hydrogen (secondary N) is 1. The molecule has 0 aliphatic heterocycles. The number of rotatable bonds is 11. The molecule has 31 heavy (non-hydrogen) atoms. The quantitative estimate of drug-likeness (QED) is 0.580. The zero-order valence-electron chi connectivity index (χ0n) is 18.4. The van der Waals surface area contributed by atoms with E-state index in [4.69, 9.17) is 23.7 Å². The molecule has 2 aromatic carbocycles. The Balaban J connectivity index is 1.89. The summed E-state index contributed by atoms with van der Waals surface area (Å²) in [6.45, 7) is 0.459. The summed E-state index contributed by atoms with van der Waals surface area (Å²) in [6.07, 6.45) is 0. The van der Waals surface area contributed by atoms with E-state index in [0.29, 0.717) is 35.3 Å². The molecular formula is C22H28N2O7. The van der Waals surface area contributed by atoms with Crippen LogP contribution in [-0.4, -0.2) is 71.9 Å². The lowest BCUT2D eigenvalue weighted by molar-refractivity contribution is -0.129. The summed E-state index contributed by atoms with van der Waals surface area (Å²) >= 11 is 0. The van der Waals surface area contributed by atoms with Crippen molar-refractivity contribution in [3.8, 4) is 28.7 Å². The summed E-state index contributed by atoms with van der Waals surface area (Å²) in [5.74, 6) is 1.60. The number of benzene rings is 2. The van der Waals surface area contributed by atoms with E-state index in [9.17, 15) is 9.59 Å². The zero-order valence-corrected chi connectivity index (χ0v) is 18.4. The van der Waals surface area contributed by atoms with Gasteiger partial charge in [-0.1, -0.05) is 12.1 Å². The van der Waals surface area contributed by atoms with Crippen molar-refractivity contribution in [3.05, 3.63) is 42.0 Å². The number of hydrogen-bond donors (Lipinski definition) is 1. The third-order valence-corrected chi connectivity index (χ3v) is 4.51. The monoisotopic (exact) mass is 432 g/mol. The van der Waals surface area contributed by atoms with Crippen LogP contribution in [0.4, 0.5) is 0 Å². The number of para-hydroxylation sites is 2. The molecule has 0 saturated carbocycles. The van der Waals surface area contributed by atoms with Gasteiger partial charge >= 0.3 is 0 Å². The van der Waals surface area contributed by atoms with Gasteiger partial charge in [0.05, 0.1) is 41.5 Å². The fraction of sp³-hybridized carbons (Fsp3) is 0.364. The van der Waals surface area contributed by atoms with Crippen LogP contribution >= 0.6 is 0 Å². The van der Waals surface area contributed by atoms with Crippen molar-refractivity contribution in [3.63, 3.8) is 0 Å². The number of carbonyl (C=O) groups excluding carboxylic acids is 2. The van der Waals surface area contributed by atoms with Gasteiger partial charge in [0.15, 0.2) is 23.0 Å². The molecule has 9 nitrogen and oxygen atoms in total. The fourth-order valence-corrected chi connectivity index (χ4v) is 2.76. The summed E-state index contributed by atoms with van der Waals surface area (Å²) in [5, 5.41) is 2.60. The van der Waals surface area contributed by atoms with Crippen molar-refractivity contribution in [2.75, 3.05) is 55.2 Å². The van der Waals surface area contributed by atoms with Crippen LogP contribution in [0.15, 0.2) is 36.4 Å². The number of carbonyl (C=O) groups is 2. The fourth-order valence-electron chi connectivity index (χ4n) is 2.76. The molecule has 0 aliphatic carbocycles. The highest BCUT2D eigenvalue weighted by Gasteiger charge is 2.18. The van der Waals surface area contributed by atoms with Crippen molar-refractivity contribution < 1.29 is 33.3 Å². The molecule has 0 aliphatic rings. The molecule has 0 fully saturated rings. The van der Waals surface area contributed by atoms with Crippen molar-refractivity contribution >= 4 is 11.8 Å². The molecule has 0 spiro atoms. The molecule has 0 saturated heterocycles. The van der Waals surface area contributed by atoms with E-state index in [-0.39, 0.29) is 24.6 Å². The van der Waals surface area contributed by atoms with Crippen molar-refractivity contribution in [2.24, 2.45) is 0 Å². The standard InChI is InChI=1S/C22H28N2O7/c1-24(10-11-31-17-9-7-6-8-16(17)27-2)20(25)14-23-22(26)15-12-18(28-3)21(30-5)19(13-15)29-4/h6-9,12-13H,10-11,14H2,1-5H3,(H,23,26). The molecule has 1 N–H and O–H groups in total. The zero-order chi connectivity index (χ0) is 22.8. The number of hydrogen-bond acceptors (Lipinski definition) is 7. The second-order valence-electron chi connectivity index (χ2n) is 6.41. The minimum atomic E-state index is -0.439. The first-order valence-corrected chi connectivity index (χ1v) is 9.53. The molecule has 0 bridgehead atoms. The summed E-state index contributed by atoms with van der Waals surface area (Å²) in [7, 11) is 7.61. The Morgan fingerprint density at radius 3 is 2.00 bits per heavy atom. The third-order valence-electron chi connectivity index (χ3n) is 4.51. The minimum Gasteiger partial charge on any atom is -0.493 e. The van der Waals surface area contributed by atoms with Crippen LogP contribution < -0.4 is 29.0 Å². The highest BCUT2D eigenvalue weighted by Crippen LogP contribution is 2.38. The second-order valence-corrected chi connectivity index (χ2v) is 6.41. The van der Waals surface area contributed by atoms with Crippen molar-refractivity contribution in [1.29, 1.82) is 0 Å². The van der Waals surface area contributed by atoms with Gasteiger partial charge in [-0.05, 0) is 24.3 Å². The normalized spacial score (nSPS) is 10.1. The van der Waals surface area contributed by atoms with Gasteiger partial charge in [0, 0.05) is 12.6 Å². The Morgan fingerprint density at radius 1 is 0.871 bits per heavy atom. The lowest BCUT2D eigenvalue weighted by Gasteiger charge is -2.19. The summed E-state index contributed by atoms with van der Waals surface area (Å²) < 4.78 is 26.6. The highest BCUT2D eigenvalue weighted by molar-refractivity contribution is 5.97. The first-order valence-electron chi connectivity index (χ1n) is 9.53.